The summed E-state index contributed by atoms with van der Waals surface area (Å²) in [4.78, 5) is 0. The maximum Gasteiger partial charge on any atom is 0.137 e. The lowest BCUT2D eigenvalue weighted by molar-refractivity contribution is -0.930. The van der Waals surface area contributed by atoms with Crippen LogP contribution in [0.2, 0.25) is 0 Å². The Morgan fingerprint density at radius 3 is 1.53 bits per heavy atom. The Labute approximate surface area is 226 Å². The van der Waals surface area contributed by atoms with Gasteiger partial charge in [-0.3, -0.25) is 0 Å². The zero-order chi connectivity index (χ0) is 23.8. The number of aliphatic hydroxyl groups excluding tert-OH is 4. The smallest absolute Gasteiger partial charge is 0.137 e. The third-order valence-corrected chi connectivity index (χ3v) is 9.54. The van der Waals surface area contributed by atoms with Gasteiger partial charge in [-0.15, -0.1) is 0 Å². The summed E-state index contributed by atoms with van der Waals surface area (Å²) in [6.07, 6.45) is 2.92. The van der Waals surface area contributed by atoms with Crippen LogP contribution in [0.5, 0.6) is 11.5 Å². The van der Waals surface area contributed by atoms with Crippen LogP contribution in [0.1, 0.15) is 25.7 Å². The summed E-state index contributed by atoms with van der Waals surface area (Å²) in [6.45, 7) is 7.09. The third kappa shape index (κ3) is 5.47. The van der Waals surface area contributed by atoms with Crippen molar-refractivity contribution in [3.8, 4) is 11.5 Å². The maximum atomic E-state index is 10.5. The van der Waals surface area contributed by atoms with E-state index in [2.05, 4.69) is 0 Å². The molecule has 8 atom stereocenters. The van der Waals surface area contributed by atoms with Crippen molar-refractivity contribution >= 4 is 0 Å². The van der Waals surface area contributed by atoms with E-state index in [0.29, 0.717) is 13.2 Å². The number of benzene rings is 1. The second-order valence-electron chi connectivity index (χ2n) is 11.1. The van der Waals surface area contributed by atoms with Crippen LogP contribution in [0.4, 0.5) is 0 Å². The zero-order valence-electron chi connectivity index (χ0n) is 20.9. The minimum atomic E-state index is -0.317. The first-order valence-electron chi connectivity index (χ1n) is 13.2. The normalized spacial score (nSPS) is 38.7. The highest BCUT2D eigenvalue weighted by Crippen LogP contribution is 2.41. The van der Waals surface area contributed by atoms with E-state index in [1.807, 2.05) is 24.3 Å². The molecule has 0 spiro atoms. The van der Waals surface area contributed by atoms with Crippen LogP contribution < -0.4 is 34.3 Å². The molecule has 0 radical (unpaired) electrons. The quantitative estimate of drug-likeness (QED) is 0.218. The van der Waals surface area contributed by atoms with Crippen LogP contribution in [0.25, 0.3) is 0 Å². The lowest BCUT2D eigenvalue weighted by atomic mass is 9.97. The summed E-state index contributed by atoms with van der Waals surface area (Å²) in [6, 6.07) is 8.06. The zero-order valence-corrected chi connectivity index (χ0v) is 22.4. The number of nitrogens with zero attached hydrogens (tertiary/aromatic N) is 2. The Bertz CT molecular complexity index is 789. The number of hydrogen-bond donors (Lipinski definition) is 4. The first kappa shape index (κ1) is 29.7. The first-order chi connectivity index (χ1) is 16.5. The molecular formula is C26H42Cl2N2O6. The summed E-state index contributed by atoms with van der Waals surface area (Å²) in [5, 5.41) is 40.4. The molecular weight excluding hydrogens is 507 g/mol. The minimum Gasteiger partial charge on any atom is -1.00 e. The second-order valence-corrected chi connectivity index (χ2v) is 11.1. The van der Waals surface area contributed by atoms with Crippen LogP contribution in [0, 0.1) is 11.8 Å². The van der Waals surface area contributed by atoms with E-state index in [0.717, 1.165) is 85.4 Å². The number of quaternary nitrogens is 2. The van der Waals surface area contributed by atoms with Crippen LogP contribution in [-0.2, 0) is 0 Å². The average Bonchev–Trinajstić information content (AvgIpc) is 3.56. The number of hydrogen-bond acceptors (Lipinski definition) is 6. The monoisotopic (exact) mass is 548 g/mol. The standard InChI is InChI=1S/C26H42N2O6.2ClH/c29-17-19-4-8-27(10-6-23(31)25(19)27)12-14-33-21-2-1-3-22(16-21)34-15-13-28-9-5-20(18-30)26(28)24(32)7-11-28;;/h1-3,16,19-20,23-26,29-32H,4-15,17-18H2;2*1H/q+2;;/p-2/t19?,20?,23?,24?,25-,26-,27?,28?;;/m1../s1. The van der Waals surface area contributed by atoms with Gasteiger partial charge in [-0.2, -0.15) is 0 Å². The van der Waals surface area contributed by atoms with E-state index in [4.69, 9.17) is 9.47 Å². The van der Waals surface area contributed by atoms with Crippen molar-refractivity contribution in [2.24, 2.45) is 11.8 Å². The average molecular weight is 550 g/mol. The Morgan fingerprint density at radius 1 is 0.694 bits per heavy atom. The molecule has 0 amide bonds. The Kier molecular flexibility index (Phi) is 10.2. The number of ether oxygens (including phenoxy) is 2. The topological polar surface area (TPSA) is 99.4 Å². The largest absolute Gasteiger partial charge is 1.00 e. The molecule has 4 N–H and O–H groups in total. The molecule has 10 heteroatoms. The summed E-state index contributed by atoms with van der Waals surface area (Å²) in [7, 11) is 0. The summed E-state index contributed by atoms with van der Waals surface area (Å²) >= 11 is 0. The van der Waals surface area contributed by atoms with E-state index < -0.39 is 0 Å². The molecule has 206 valence electrons. The number of rotatable bonds is 10. The van der Waals surface area contributed by atoms with E-state index in [-0.39, 0.29) is 74.2 Å². The van der Waals surface area contributed by atoms with Crippen molar-refractivity contribution in [3.63, 3.8) is 0 Å². The molecule has 1 aromatic rings. The number of halogens is 2. The summed E-state index contributed by atoms with van der Waals surface area (Å²) in [5.74, 6) is 1.96. The fourth-order valence-corrected chi connectivity index (χ4v) is 7.87. The van der Waals surface area contributed by atoms with E-state index >= 15 is 0 Å². The summed E-state index contributed by atoms with van der Waals surface area (Å²) < 4.78 is 13.9. The van der Waals surface area contributed by atoms with Crippen molar-refractivity contribution in [3.05, 3.63) is 24.3 Å². The molecule has 4 saturated heterocycles. The van der Waals surface area contributed by atoms with Gasteiger partial charge in [0.05, 0.1) is 39.4 Å². The van der Waals surface area contributed by atoms with Crippen LogP contribution in [0.15, 0.2) is 24.3 Å². The number of aliphatic hydroxyl groups is 4. The van der Waals surface area contributed by atoms with Gasteiger partial charge in [-0.1, -0.05) is 6.07 Å². The van der Waals surface area contributed by atoms with Gasteiger partial charge >= 0.3 is 0 Å². The molecule has 36 heavy (non-hydrogen) atoms. The lowest BCUT2D eigenvalue weighted by Crippen LogP contribution is -3.00. The van der Waals surface area contributed by atoms with Crippen molar-refractivity contribution in [1.29, 1.82) is 0 Å². The molecule has 1 aromatic carbocycles. The van der Waals surface area contributed by atoms with Crippen molar-refractivity contribution in [2.45, 2.75) is 50.0 Å². The number of fused-ring (bicyclic) bond motifs is 2. The molecule has 4 aliphatic heterocycles. The fourth-order valence-electron chi connectivity index (χ4n) is 7.87. The molecule has 4 heterocycles. The van der Waals surface area contributed by atoms with Gasteiger partial charge in [0.15, 0.2) is 0 Å². The highest BCUT2D eigenvalue weighted by atomic mass is 35.5. The molecule has 0 aliphatic carbocycles. The van der Waals surface area contributed by atoms with Gasteiger partial charge in [0, 0.05) is 43.6 Å². The van der Waals surface area contributed by atoms with E-state index in [1.165, 1.54) is 0 Å². The van der Waals surface area contributed by atoms with E-state index in [1.54, 1.807) is 0 Å². The van der Waals surface area contributed by atoms with Gasteiger partial charge < -0.3 is 63.7 Å². The highest BCUT2D eigenvalue weighted by Gasteiger charge is 2.56. The molecule has 0 bridgehead atoms. The van der Waals surface area contributed by atoms with Gasteiger partial charge in [0.25, 0.3) is 0 Å². The van der Waals surface area contributed by atoms with Gasteiger partial charge in [-0.05, 0) is 12.1 Å². The predicted molar refractivity (Wildman–Crippen MR) is 126 cm³/mol. The van der Waals surface area contributed by atoms with Gasteiger partial charge in [0.1, 0.15) is 62.1 Å². The molecule has 4 fully saturated rings. The Morgan fingerprint density at radius 2 is 1.11 bits per heavy atom. The van der Waals surface area contributed by atoms with Crippen LogP contribution in [-0.4, -0.2) is 119 Å². The molecule has 5 rings (SSSR count). The second kappa shape index (κ2) is 12.3. The first-order valence-corrected chi connectivity index (χ1v) is 13.2. The molecule has 6 unspecified atom stereocenters. The van der Waals surface area contributed by atoms with Gasteiger partial charge in [0.2, 0.25) is 0 Å². The molecule has 0 saturated carbocycles. The lowest BCUT2D eigenvalue weighted by Gasteiger charge is -2.36. The van der Waals surface area contributed by atoms with E-state index in [9.17, 15) is 20.4 Å². The van der Waals surface area contributed by atoms with Crippen molar-refractivity contribution < 1.29 is 63.7 Å². The maximum absolute atomic E-state index is 10.5. The third-order valence-electron chi connectivity index (χ3n) is 9.54. The van der Waals surface area contributed by atoms with Crippen molar-refractivity contribution in [2.75, 3.05) is 65.7 Å². The molecule has 4 aliphatic rings. The van der Waals surface area contributed by atoms with Crippen LogP contribution in [0.3, 0.4) is 0 Å². The van der Waals surface area contributed by atoms with Gasteiger partial charge in [-0.25, -0.2) is 0 Å². The predicted octanol–water partition coefficient (Wildman–Crippen LogP) is -5.62. The molecule has 0 aromatic heterocycles. The minimum absolute atomic E-state index is 0. The highest BCUT2D eigenvalue weighted by molar-refractivity contribution is 5.32. The SMILES string of the molecule is OCC1CC[N+]2(CCOc3cccc(OCC[N+]45CCC(O)[C@H]4C(CO)CC5)c3)CCC(O)[C@@H]12.[Cl-].[Cl-]. The van der Waals surface area contributed by atoms with Crippen molar-refractivity contribution in [1.82, 2.24) is 0 Å². The Hall–Kier alpha value is -0.840. The molecule has 8 nitrogen and oxygen atoms in total. The summed E-state index contributed by atoms with van der Waals surface area (Å²) in [5.41, 5.74) is 0. The Balaban J connectivity index is 0.00000180. The fraction of sp³-hybridized carbons (Fsp3) is 0.769. The van der Waals surface area contributed by atoms with Crippen LogP contribution >= 0.6 is 0 Å².